The predicted octanol–water partition coefficient (Wildman–Crippen LogP) is 3.67. The highest BCUT2D eigenvalue weighted by atomic mass is 16.5. The number of anilines is 1. The molecule has 1 N–H and O–H groups in total. The molecule has 1 fully saturated rings. The van der Waals surface area contributed by atoms with Crippen LogP contribution in [0.2, 0.25) is 0 Å². The number of benzene rings is 2. The smallest absolute Gasteiger partial charge is 0.251 e. The van der Waals surface area contributed by atoms with Crippen molar-refractivity contribution in [3.8, 4) is 23.0 Å². The highest BCUT2D eigenvalue weighted by Gasteiger charge is 2.31. The molecule has 2 amide bonds. The van der Waals surface area contributed by atoms with Gasteiger partial charge in [0, 0.05) is 36.7 Å². The molecule has 8 heteroatoms. The quantitative estimate of drug-likeness (QED) is 0.555. The maximum absolute atomic E-state index is 12.9. The Bertz CT molecular complexity index is 933. The number of hydrogen-bond donors (Lipinski definition) is 1. The number of methoxy groups -OCH3 is 1. The molecule has 1 unspecified atom stereocenters. The average molecular weight is 457 g/mol. The number of ether oxygens (including phenoxy) is 4. The van der Waals surface area contributed by atoms with E-state index in [9.17, 15) is 9.59 Å². The molecule has 1 heterocycles. The monoisotopic (exact) mass is 456 g/mol. The van der Waals surface area contributed by atoms with Crippen LogP contribution < -0.4 is 29.2 Å². The van der Waals surface area contributed by atoms with Gasteiger partial charge in [-0.3, -0.25) is 9.59 Å². The molecule has 178 valence electrons. The molecule has 0 aliphatic carbocycles. The average Bonchev–Trinajstić information content (AvgIpc) is 3.20. The van der Waals surface area contributed by atoms with E-state index >= 15 is 0 Å². The summed E-state index contributed by atoms with van der Waals surface area (Å²) in [5.41, 5.74) is 1.24. The number of amides is 2. The van der Waals surface area contributed by atoms with Crippen molar-refractivity contribution in [1.82, 2.24) is 5.32 Å². The maximum Gasteiger partial charge on any atom is 0.251 e. The Balaban J connectivity index is 1.68. The van der Waals surface area contributed by atoms with Crippen molar-refractivity contribution >= 4 is 17.5 Å². The number of rotatable bonds is 11. The number of carbonyl (C=O) groups is 2. The van der Waals surface area contributed by atoms with Crippen molar-refractivity contribution < 1.29 is 28.5 Å². The molecule has 1 aliphatic heterocycles. The fourth-order valence-electron chi connectivity index (χ4n) is 3.79. The number of carbonyl (C=O) groups excluding carboxylic acids is 2. The van der Waals surface area contributed by atoms with E-state index in [4.69, 9.17) is 18.9 Å². The van der Waals surface area contributed by atoms with Crippen LogP contribution in [0.25, 0.3) is 0 Å². The summed E-state index contributed by atoms with van der Waals surface area (Å²) < 4.78 is 22.3. The molecule has 3 rings (SSSR count). The van der Waals surface area contributed by atoms with E-state index in [1.807, 2.05) is 45.0 Å². The summed E-state index contributed by atoms with van der Waals surface area (Å²) in [6, 6.07) is 10.7. The Kier molecular flexibility index (Phi) is 8.40. The third-order valence-corrected chi connectivity index (χ3v) is 5.31. The Morgan fingerprint density at radius 3 is 2.15 bits per heavy atom. The zero-order valence-electron chi connectivity index (χ0n) is 19.7. The molecule has 2 aromatic carbocycles. The van der Waals surface area contributed by atoms with Crippen LogP contribution in [0.5, 0.6) is 23.0 Å². The second-order valence-corrected chi connectivity index (χ2v) is 7.58. The SMILES string of the molecule is CCOc1cc(C(=O)NCC2CC(=O)N(c3ccc(OC)cc3)C2)cc(OCC)c1OCC. The van der Waals surface area contributed by atoms with Gasteiger partial charge in [-0.15, -0.1) is 0 Å². The first-order valence-electron chi connectivity index (χ1n) is 11.3. The highest BCUT2D eigenvalue weighted by Crippen LogP contribution is 2.39. The summed E-state index contributed by atoms with van der Waals surface area (Å²) in [6.07, 6.45) is 0.379. The van der Waals surface area contributed by atoms with Crippen LogP contribution >= 0.6 is 0 Å². The third kappa shape index (κ3) is 5.88. The lowest BCUT2D eigenvalue weighted by molar-refractivity contribution is -0.117. The van der Waals surface area contributed by atoms with E-state index in [1.165, 1.54) is 0 Å². The molecule has 0 aromatic heterocycles. The fourth-order valence-corrected chi connectivity index (χ4v) is 3.79. The Hall–Kier alpha value is -3.42. The van der Waals surface area contributed by atoms with Crippen LogP contribution in [0.1, 0.15) is 37.6 Å². The van der Waals surface area contributed by atoms with Crippen LogP contribution in [-0.4, -0.2) is 51.8 Å². The van der Waals surface area contributed by atoms with Crippen molar-refractivity contribution in [2.75, 3.05) is 44.9 Å². The lowest BCUT2D eigenvalue weighted by Crippen LogP contribution is -2.31. The second-order valence-electron chi connectivity index (χ2n) is 7.58. The summed E-state index contributed by atoms with van der Waals surface area (Å²) in [7, 11) is 1.60. The lowest BCUT2D eigenvalue weighted by atomic mass is 10.1. The van der Waals surface area contributed by atoms with E-state index in [0.717, 1.165) is 11.4 Å². The van der Waals surface area contributed by atoms with Crippen molar-refractivity contribution in [3.05, 3.63) is 42.0 Å². The minimum absolute atomic E-state index is 0.0176. The summed E-state index contributed by atoms with van der Waals surface area (Å²) >= 11 is 0. The largest absolute Gasteiger partial charge is 0.497 e. The first-order chi connectivity index (χ1) is 16.0. The molecular formula is C25H32N2O6. The van der Waals surface area contributed by atoms with Crippen molar-refractivity contribution in [2.45, 2.75) is 27.2 Å². The van der Waals surface area contributed by atoms with E-state index in [-0.39, 0.29) is 17.7 Å². The molecule has 33 heavy (non-hydrogen) atoms. The first kappa shape index (κ1) is 24.2. The lowest BCUT2D eigenvalue weighted by Gasteiger charge is -2.18. The summed E-state index contributed by atoms with van der Waals surface area (Å²) in [4.78, 5) is 27.2. The topological polar surface area (TPSA) is 86.3 Å². The first-order valence-corrected chi connectivity index (χ1v) is 11.3. The van der Waals surface area contributed by atoms with Crippen LogP contribution in [-0.2, 0) is 4.79 Å². The van der Waals surface area contributed by atoms with Gasteiger partial charge in [-0.2, -0.15) is 0 Å². The molecule has 0 radical (unpaired) electrons. The predicted molar refractivity (Wildman–Crippen MR) is 126 cm³/mol. The molecule has 1 aliphatic rings. The molecule has 8 nitrogen and oxygen atoms in total. The van der Waals surface area contributed by atoms with Gasteiger partial charge < -0.3 is 29.2 Å². The van der Waals surface area contributed by atoms with Crippen LogP contribution in [0.3, 0.4) is 0 Å². The Morgan fingerprint density at radius 2 is 1.61 bits per heavy atom. The van der Waals surface area contributed by atoms with Crippen molar-refractivity contribution in [1.29, 1.82) is 0 Å². The van der Waals surface area contributed by atoms with Gasteiger partial charge in [0.2, 0.25) is 11.7 Å². The highest BCUT2D eigenvalue weighted by molar-refractivity contribution is 5.97. The zero-order chi connectivity index (χ0) is 23.8. The van der Waals surface area contributed by atoms with Gasteiger partial charge in [-0.25, -0.2) is 0 Å². The molecule has 0 bridgehead atoms. The summed E-state index contributed by atoms with van der Waals surface area (Å²) in [6.45, 7) is 7.87. The summed E-state index contributed by atoms with van der Waals surface area (Å²) in [5, 5.41) is 2.95. The van der Waals surface area contributed by atoms with Crippen LogP contribution in [0.4, 0.5) is 5.69 Å². The minimum atomic E-state index is -0.254. The minimum Gasteiger partial charge on any atom is -0.497 e. The van der Waals surface area contributed by atoms with Crippen LogP contribution in [0, 0.1) is 5.92 Å². The molecule has 1 saturated heterocycles. The van der Waals surface area contributed by atoms with Crippen molar-refractivity contribution in [2.24, 2.45) is 5.92 Å². The van der Waals surface area contributed by atoms with Gasteiger partial charge in [0.05, 0.1) is 26.9 Å². The Labute approximate surface area is 194 Å². The van der Waals surface area contributed by atoms with Gasteiger partial charge in [0.25, 0.3) is 5.91 Å². The Morgan fingerprint density at radius 1 is 1.00 bits per heavy atom. The third-order valence-electron chi connectivity index (χ3n) is 5.31. The number of hydrogen-bond acceptors (Lipinski definition) is 6. The van der Waals surface area contributed by atoms with Gasteiger partial charge in [0.1, 0.15) is 5.75 Å². The molecule has 0 spiro atoms. The molecule has 2 aromatic rings. The van der Waals surface area contributed by atoms with E-state index in [2.05, 4.69) is 5.32 Å². The second kappa shape index (κ2) is 11.4. The van der Waals surface area contributed by atoms with Crippen LogP contribution in [0.15, 0.2) is 36.4 Å². The van der Waals surface area contributed by atoms with E-state index in [0.29, 0.717) is 62.1 Å². The normalized spacial score (nSPS) is 15.3. The van der Waals surface area contributed by atoms with E-state index < -0.39 is 0 Å². The number of nitrogens with one attached hydrogen (secondary N) is 1. The molecular weight excluding hydrogens is 424 g/mol. The van der Waals surface area contributed by atoms with Gasteiger partial charge >= 0.3 is 0 Å². The van der Waals surface area contributed by atoms with Gasteiger partial charge in [0.15, 0.2) is 11.5 Å². The maximum atomic E-state index is 12.9. The van der Waals surface area contributed by atoms with Gasteiger partial charge in [-0.05, 0) is 57.2 Å². The van der Waals surface area contributed by atoms with E-state index in [1.54, 1.807) is 24.1 Å². The molecule has 0 saturated carbocycles. The fraction of sp³-hybridized carbons (Fsp3) is 0.440. The standard InChI is InChI=1S/C25H32N2O6/c1-5-31-21-13-18(14-22(32-6-2)24(21)33-7-3)25(29)26-15-17-12-23(28)27(16-17)19-8-10-20(30-4)11-9-19/h8-11,13-14,17H,5-7,12,15-16H2,1-4H3,(H,26,29). The molecule has 1 atom stereocenters. The zero-order valence-corrected chi connectivity index (χ0v) is 19.7. The van der Waals surface area contributed by atoms with Gasteiger partial charge in [-0.1, -0.05) is 0 Å². The van der Waals surface area contributed by atoms with Crippen molar-refractivity contribution in [3.63, 3.8) is 0 Å². The number of nitrogens with zero attached hydrogens (tertiary/aromatic N) is 1. The summed E-state index contributed by atoms with van der Waals surface area (Å²) in [5.74, 6) is 1.98.